The lowest BCUT2D eigenvalue weighted by Crippen LogP contribution is -2.38. The van der Waals surface area contributed by atoms with Gasteiger partial charge < -0.3 is 24.6 Å². The van der Waals surface area contributed by atoms with Gasteiger partial charge in [-0.2, -0.15) is 4.98 Å². The molecule has 1 unspecified atom stereocenters. The molecule has 0 saturated carbocycles. The van der Waals surface area contributed by atoms with Crippen LogP contribution in [0.1, 0.15) is 31.7 Å². The van der Waals surface area contributed by atoms with Crippen LogP contribution < -0.4 is 15.4 Å². The number of hydrogen-bond donors (Lipinski definition) is 2. The van der Waals surface area contributed by atoms with Gasteiger partial charge in [-0.15, -0.1) is 24.0 Å². The molecule has 1 atom stereocenters. The number of aromatic nitrogens is 2. The van der Waals surface area contributed by atoms with Gasteiger partial charge >= 0.3 is 0 Å². The van der Waals surface area contributed by atoms with Gasteiger partial charge in [0.05, 0.1) is 13.1 Å². The van der Waals surface area contributed by atoms with E-state index >= 15 is 0 Å². The first kappa shape index (κ1) is 22.2. The number of benzene rings is 1. The maximum absolute atomic E-state index is 5.62. The van der Waals surface area contributed by atoms with E-state index in [1.165, 1.54) is 0 Å². The molecule has 2 N–H and O–H groups in total. The molecule has 26 heavy (non-hydrogen) atoms. The van der Waals surface area contributed by atoms with Crippen LogP contribution in [0.25, 0.3) is 0 Å². The van der Waals surface area contributed by atoms with Crippen molar-refractivity contribution in [2.45, 2.75) is 26.5 Å². The molecule has 2 rings (SSSR count). The molecule has 1 aromatic heterocycles. The molecular formula is C17H26IN5O3. The summed E-state index contributed by atoms with van der Waals surface area (Å²) in [7, 11) is 1.70. The zero-order valence-electron chi connectivity index (χ0n) is 15.3. The van der Waals surface area contributed by atoms with E-state index in [4.69, 9.17) is 14.0 Å². The molecule has 9 heteroatoms. The number of ether oxygens (including phenoxy) is 2. The third-order valence-corrected chi connectivity index (χ3v) is 3.30. The van der Waals surface area contributed by atoms with Gasteiger partial charge in [0.25, 0.3) is 0 Å². The van der Waals surface area contributed by atoms with E-state index in [0.717, 1.165) is 5.75 Å². The topological polar surface area (TPSA) is 93.8 Å². The minimum absolute atomic E-state index is 0. The van der Waals surface area contributed by atoms with Gasteiger partial charge in [0.2, 0.25) is 5.89 Å². The van der Waals surface area contributed by atoms with Crippen molar-refractivity contribution in [1.82, 2.24) is 20.8 Å². The van der Waals surface area contributed by atoms with E-state index in [0.29, 0.717) is 44.0 Å². The molecule has 144 valence electrons. The van der Waals surface area contributed by atoms with Crippen molar-refractivity contribution in [3.8, 4) is 5.75 Å². The lowest BCUT2D eigenvalue weighted by atomic mass is 10.3. The summed E-state index contributed by atoms with van der Waals surface area (Å²) in [5.74, 6) is 2.49. The Morgan fingerprint density at radius 2 is 2.04 bits per heavy atom. The number of aliphatic imine (C=N–C) groups is 1. The predicted molar refractivity (Wildman–Crippen MR) is 110 cm³/mol. The molecule has 0 fully saturated rings. The van der Waals surface area contributed by atoms with E-state index < -0.39 is 0 Å². The maximum Gasteiger partial charge on any atom is 0.246 e. The van der Waals surface area contributed by atoms with Crippen molar-refractivity contribution >= 4 is 29.9 Å². The van der Waals surface area contributed by atoms with E-state index in [1.54, 1.807) is 7.05 Å². The normalized spacial score (nSPS) is 12.2. The Labute approximate surface area is 170 Å². The Morgan fingerprint density at radius 1 is 1.27 bits per heavy atom. The average Bonchev–Trinajstić information content (AvgIpc) is 3.11. The summed E-state index contributed by atoms with van der Waals surface area (Å²) < 4.78 is 16.3. The Hall–Kier alpha value is -1.88. The third kappa shape index (κ3) is 7.56. The van der Waals surface area contributed by atoms with Gasteiger partial charge in [-0.05, 0) is 26.0 Å². The van der Waals surface area contributed by atoms with E-state index in [2.05, 4.69) is 25.8 Å². The van der Waals surface area contributed by atoms with Crippen molar-refractivity contribution in [2.75, 3.05) is 26.8 Å². The molecule has 8 nitrogen and oxygen atoms in total. The van der Waals surface area contributed by atoms with Crippen molar-refractivity contribution in [3.05, 3.63) is 42.0 Å². The van der Waals surface area contributed by atoms with Crippen LogP contribution >= 0.6 is 24.0 Å². The molecule has 0 amide bonds. The first-order valence-corrected chi connectivity index (χ1v) is 8.29. The zero-order valence-corrected chi connectivity index (χ0v) is 17.6. The van der Waals surface area contributed by atoms with Gasteiger partial charge in [-0.1, -0.05) is 23.4 Å². The SMILES string of the molecule is CCOC(C)c1noc(CNC(=NC)NCCOc2ccccc2)n1.I. The molecule has 0 spiro atoms. The molecule has 0 aliphatic carbocycles. The average molecular weight is 475 g/mol. The fourth-order valence-corrected chi connectivity index (χ4v) is 2.06. The number of rotatable bonds is 9. The third-order valence-electron chi connectivity index (χ3n) is 3.30. The van der Waals surface area contributed by atoms with E-state index in [-0.39, 0.29) is 30.1 Å². The summed E-state index contributed by atoms with van der Waals surface area (Å²) in [6.07, 6.45) is -0.185. The van der Waals surface area contributed by atoms with Gasteiger partial charge in [0.1, 0.15) is 18.5 Å². The number of para-hydroxylation sites is 1. The highest BCUT2D eigenvalue weighted by Crippen LogP contribution is 2.12. The van der Waals surface area contributed by atoms with Crippen LogP contribution in [-0.4, -0.2) is 42.9 Å². The second-order valence-electron chi connectivity index (χ2n) is 5.16. The van der Waals surface area contributed by atoms with Gasteiger partial charge in [0, 0.05) is 13.7 Å². The van der Waals surface area contributed by atoms with Crippen LogP contribution in [0.2, 0.25) is 0 Å². The fraction of sp³-hybridized carbons (Fsp3) is 0.471. The minimum atomic E-state index is -0.185. The predicted octanol–water partition coefficient (Wildman–Crippen LogP) is 2.53. The van der Waals surface area contributed by atoms with Crippen molar-refractivity contribution in [3.63, 3.8) is 0 Å². The van der Waals surface area contributed by atoms with Crippen molar-refractivity contribution in [2.24, 2.45) is 4.99 Å². The summed E-state index contributed by atoms with van der Waals surface area (Å²) in [6.45, 7) is 5.94. The number of hydrogen-bond acceptors (Lipinski definition) is 6. The molecule has 0 bridgehead atoms. The second kappa shape index (κ2) is 12.5. The second-order valence-corrected chi connectivity index (χ2v) is 5.16. The highest BCUT2D eigenvalue weighted by atomic mass is 127. The van der Waals surface area contributed by atoms with Gasteiger partial charge in [0.15, 0.2) is 11.8 Å². The quantitative estimate of drug-likeness (QED) is 0.249. The van der Waals surface area contributed by atoms with E-state index in [9.17, 15) is 0 Å². The maximum atomic E-state index is 5.62. The van der Waals surface area contributed by atoms with Gasteiger partial charge in [-0.3, -0.25) is 4.99 Å². The Bertz CT molecular complexity index is 651. The Balaban J connectivity index is 0.00000338. The van der Waals surface area contributed by atoms with Crippen LogP contribution in [0, 0.1) is 0 Å². The lowest BCUT2D eigenvalue weighted by molar-refractivity contribution is 0.0683. The highest BCUT2D eigenvalue weighted by Gasteiger charge is 2.13. The van der Waals surface area contributed by atoms with Crippen LogP contribution in [-0.2, 0) is 11.3 Å². The standard InChI is InChI=1S/C17H25N5O3.HI/c1-4-23-13(2)16-21-15(25-22-16)12-20-17(18-3)19-10-11-24-14-8-6-5-7-9-14;/h5-9,13H,4,10-12H2,1-3H3,(H2,18,19,20);1H. The van der Waals surface area contributed by atoms with Gasteiger partial charge in [-0.25, -0.2) is 0 Å². The number of guanidine groups is 1. The lowest BCUT2D eigenvalue weighted by Gasteiger charge is -2.11. The summed E-state index contributed by atoms with van der Waals surface area (Å²) in [4.78, 5) is 8.44. The molecule has 1 aromatic carbocycles. The summed E-state index contributed by atoms with van der Waals surface area (Å²) >= 11 is 0. The van der Waals surface area contributed by atoms with Crippen molar-refractivity contribution in [1.29, 1.82) is 0 Å². The fourth-order valence-electron chi connectivity index (χ4n) is 2.06. The molecule has 0 radical (unpaired) electrons. The van der Waals surface area contributed by atoms with Crippen molar-refractivity contribution < 1.29 is 14.0 Å². The number of halogens is 1. The zero-order chi connectivity index (χ0) is 17.9. The molecule has 0 aliphatic rings. The minimum Gasteiger partial charge on any atom is -0.492 e. The largest absolute Gasteiger partial charge is 0.492 e. The number of nitrogens with one attached hydrogen (secondary N) is 2. The molecule has 2 aromatic rings. The first-order valence-electron chi connectivity index (χ1n) is 8.29. The van der Waals surface area contributed by atoms with E-state index in [1.807, 2.05) is 44.2 Å². The van der Waals surface area contributed by atoms with Crippen LogP contribution in [0.3, 0.4) is 0 Å². The number of nitrogens with zero attached hydrogens (tertiary/aromatic N) is 3. The first-order chi connectivity index (χ1) is 12.2. The monoisotopic (exact) mass is 475 g/mol. The van der Waals surface area contributed by atoms with Crippen LogP contribution in [0.4, 0.5) is 0 Å². The molecule has 0 aliphatic heterocycles. The summed E-state index contributed by atoms with van der Waals surface area (Å²) in [5, 5.41) is 10.2. The summed E-state index contributed by atoms with van der Waals surface area (Å²) in [6, 6.07) is 9.67. The highest BCUT2D eigenvalue weighted by molar-refractivity contribution is 14.0. The summed E-state index contributed by atoms with van der Waals surface area (Å²) in [5.41, 5.74) is 0. The molecule has 1 heterocycles. The molecule has 0 saturated heterocycles. The van der Waals surface area contributed by atoms with Crippen LogP contribution in [0.15, 0.2) is 39.8 Å². The Kier molecular flexibility index (Phi) is 10.6. The van der Waals surface area contributed by atoms with Crippen LogP contribution in [0.5, 0.6) is 5.75 Å². The Morgan fingerprint density at radius 3 is 2.73 bits per heavy atom. The molecular weight excluding hydrogens is 449 g/mol. The smallest absolute Gasteiger partial charge is 0.246 e.